The third-order valence-corrected chi connectivity index (χ3v) is 1.82. The van der Waals surface area contributed by atoms with Crippen LogP contribution in [0.1, 0.15) is 47.0 Å². The molecule has 96 valence electrons. The summed E-state index contributed by atoms with van der Waals surface area (Å²) in [5, 5.41) is 0. The summed E-state index contributed by atoms with van der Waals surface area (Å²) >= 11 is 0. The molecule has 0 aromatic carbocycles. The second kappa shape index (κ2) is 8.80. The summed E-state index contributed by atoms with van der Waals surface area (Å²) in [6, 6.07) is 0. The van der Waals surface area contributed by atoms with E-state index in [0.29, 0.717) is 6.42 Å². The number of carbonyl (C=O) groups excluding carboxylic acids is 1. The molecule has 0 amide bonds. The maximum Gasteiger partial charge on any atom is 0.310 e. The van der Waals surface area contributed by atoms with Gasteiger partial charge in [0, 0.05) is 0 Å². The Labute approximate surface area is 105 Å². The van der Waals surface area contributed by atoms with Crippen LogP contribution < -0.4 is 0 Å². The molecular formula is C15H24O2. The number of esters is 1. The van der Waals surface area contributed by atoms with Crippen molar-refractivity contribution in [2.45, 2.75) is 52.6 Å². The summed E-state index contributed by atoms with van der Waals surface area (Å²) in [5.41, 5.74) is -0.392. The fourth-order valence-electron chi connectivity index (χ4n) is 1.14. The smallest absolute Gasteiger partial charge is 0.310 e. The first-order valence-corrected chi connectivity index (χ1v) is 6.08. The average molecular weight is 236 g/mol. The van der Waals surface area contributed by atoms with Gasteiger partial charge in [-0.2, -0.15) is 0 Å². The maximum absolute atomic E-state index is 11.3. The fraction of sp³-hybridized carbons (Fsp3) is 0.533. The van der Waals surface area contributed by atoms with Crippen LogP contribution in [0.2, 0.25) is 0 Å². The highest BCUT2D eigenvalue weighted by Gasteiger charge is 2.14. The lowest BCUT2D eigenvalue weighted by molar-refractivity contribution is -0.153. The van der Waals surface area contributed by atoms with Crippen LogP contribution in [0.25, 0.3) is 0 Å². The van der Waals surface area contributed by atoms with E-state index in [9.17, 15) is 4.79 Å². The average Bonchev–Trinajstić information content (AvgIpc) is 2.19. The van der Waals surface area contributed by atoms with E-state index in [-0.39, 0.29) is 5.97 Å². The first-order chi connectivity index (χ1) is 7.95. The minimum atomic E-state index is -0.392. The molecule has 0 bridgehead atoms. The number of carbonyl (C=O) groups is 1. The lowest BCUT2D eigenvalue weighted by Gasteiger charge is -2.18. The molecule has 0 heterocycles. The van der Waals surface area contributed by atoms with Crippen molar-refractivity contribution in [1.82, 2.24) is 0 Å². The maximum atomic E-state index is 11.3. The van der Waals surface area contributed by atoms with Crippen LogP contribution in [0, 0.1) is 0 Å². The van der Waals surface area contributed by atoms with E-state index in [4.69, 9.17) is 4.74 Å². The zero-order valence-corrected chi connectivity index (χ0v) is 11.4. The Morgan fingerprint density at radius 1 is 1.00 bits per heavy atom. The van der Waals surface area contributed by atoms with Crippen molar-refractivity contribution in [3.63, 3.8) is 0 Å². The molecule has 0 atom stereocenters. The number of allylic oxidation sites excluding steroid dienone is 5. The van der Waals surface area contributed by atoms with Crippen LogP contribution in [0.3, 0.4) is 0 Å². The van der Waals surface area contributed by atoms with E-state index in [1.807, 2.05) is 45.9 Å². The Bertz CT molecular complexity index is 291. The topological polar surface area (TPSA) is 26.3 Å². The lowest BCUT2D eigenvalue weighted by atomic mass is 10.2. The molecule has 0 saturated heterocycles. The second-order valence-electron chi connectivity index (χ2n) is 4.77. The van der Waals surface area contributed by atoms with Crippen LogP contribution in [0.15, 0.2) is 36.5 Å². The molecule has 0 saturated carbocycles. The fourth-order valence-corrected chi connectivity index (χ4v) is 1.14. The minimum Gasteiger partial charge on any atom is -0.460 e. The Hall–Kier alpha value is -1.31. The molecular weight excluding hydrogens is 212 g/mol. The van der Waals surface area contributed by atoms with E-state index in [1.54, 1.807) is 0 Å². The number of hydrogen-bond donors (Lipinski definition) is 0. The van der Waals surface area contributed by atoms with Gasteiger partial charge < -0.3 is 4.74 Å². The Kier molecular flexibility index (Phi) is 8.12. The van der Waals surface area contributed by atoms with Crippen molar-refractivity contribution >= 4 is 5.97 Å². The molecule has 0 aliphatic heterocycles. The van der Waals surface area contributed by atoms with Gasteiger partial charge >= 0.3 is 5.97 Å². The molecule has 2 nitrogen and oxygen atoms in total. The third kappa shape index (κ3) is 12.6. The van der Waals surface area contributed by atoms with Gasteiger partial charge in [-0.1, -0.05) is 36.5 Å². The summed E-state index contributed by atoms with van der Waals surface area (Å²) in [5.74, 6) is -0.174. The molecule has 0 aliphatic carbocycles. The van der Waals surface area contributed by atoms with Crippen molar-refractivity contribution in [1.29, 1.82) is 0 Å². The summed E-state index contributed by atoms with van der Waals surface area (Å²) in [6.07, 6.45) is 14.3. The molecule has 2 heteroatoms. The Balaban J connectivity index is 3.67. The van der Waals surface area contributed by atoms with E-state index in [2.05, 4.69) is 18.2 Å². The van der Waals surface area contributed by atoms with Crippen LogP contribution in [0.5, 0.6) is 0 Å². The second-order valence-corrected chi connectivity index (χ2v) is 4.77. The molecule has 0 unspecified atom stereocenters. The summed E-state index contributed by atoms with van der Waals surface area (Å²) in [4.78, 5) is 11.3. The van der Waals surface area contributed by atoms with E-state index in [0.717, 1.165) is 12.8 Å². The van der Waals surface area contributed by atoms with Gasteiger partial charge in [0.2, 0.25) is 0 Å². The van der Waals surface area contributed by atoms with E-state index < -0.39 is 5.60 Å². The molecule has 0 aliphatic rings. The normalized spacial score (nSPS) is 12.9. The third-order valence-electron chi connectivity index (χ3n) is 1.82. The summed E-state index contributed by atoms with van der Waals surface area (Å²) in [7, 11) is 0. The van der Waals surface area contributed by atoms with Gasteiger partial charge in [-0.3, -0.25) is 4.79 Å². The molecule has 0 N–H and O–H groups in total. The minimum absolute atomic E-state index is 0.174. The number of rotatable bonds is 6. The number of ether oxygens (including phenoxy) is 1. The van der Waals surface area contributed by atoms with Gasteiger partial charge in [0.1, 0.15) is 5.60 Å². The first kappa shape index (κ1) is 15.7. The van der Waals surface area contributed by atoms with Gasteiger partial charge in [-0.15, -0.1) is 0 Å². The molecule has 0 rings (SSSR count). The van der Waals surface area contributed by atoms with Crippen molar-refractivity contribution < 1.29 is 9.53 Å². The van der Waals surface area contributed by atoms with Gasteiger partial charge in [0.05, 0.1) is 6.42 Å². The van der Waals surface area contributed by atoms with Gasteiger partial charge in [0.15, 0.2) is 0 Å². The summed E-state index contributed by atoms with van der Waals surface area (Å²) in [6.45, 7) is 7.63. The highest BCUT2D eigenvalue weighted by Crippen LogP contribution is 2.08. The van der Waals surface area contributed by atoms with Gasteiger partial charge in [-0.25, -0.2) is 0 Å². The Morgan fingerprint density at radius 2 is 1.53 bits per heavy atom. The van der Waals surface area contributed by atoms with E-state index in [1.165, 1.54) is 0 Å². The predicted molar refractivity (Wildman–Crippen MR) is 72.8 cm³/mol. The monoisotopic (exact) mass is 236 g/mol. The van der Waals surface area contributed by atoms with E-state index >= 15 is 0 Å². The van der Waals surface area contributed by atoms with Crippen LogP contribution in [-0.2, 0) is 9.53 Å². The SMILES string of the molecule is C/C=C\C/C=C\C/C=C\CC(=O)OC(C)(C)C. The molecule has 0 spiro atoms. The summed E-state index contributed by atoms with van der Waals surface area (Å²) < 4.78 is 5.18. The zero-order chi connectivity index (χ0) is 13.1. The van der Waals surface area contributed by atoms with Crippen molar-refractivity contribution in [2.24, 2.45) is 0 Å². The van der Waals surface area contributed by atoms with Crippen molar-refractivity contribution in [3.05, 3.63) is 36.5 Å². The molecule has 17 heavy (non-hydrogen) atoms. The molecule has 0 fully saturated rings. The number of hydrogen-bond acceptors (Lipinski definition) is 2. The largest absolute Gasteiger partial charge is 0.460 e. The Morgan fingerprint density at radius 3 is 2.06 bits per heavy atom. The first-order valence-electron chi connectivity index (χ1n) is 6.08. The lowest BCUT2D eigenvalue weighted by Crippen LogP contribution is -2.23. The van der Waals surface area contributed by atoms with Gasteiger partial charge in [0.25, 0.3) is 0 Å². The van der Waals surface area contributed by atoms with Crippen molar-refractivity contribution in [3.8, 4) is 0 Å². The molecule has 0 aromatic rings. The highest BCUT2D eigenvalue weighted by molar-refractivity contribution is 5.71. The molecule has 0 radical (unpaired) electrons. The van der Waals surface area contributed by atoms with Gasteiger partial charge in [-0.05, 0) is 40.5 Å². The zero-order valence-electron chi connectivity index (χ0n) is 11.4. The van der Waals surface area contributed by atoms with Crippen LogP contribution >= 0.6 is 0 Å². The predicted octanol–water partition coefficient (Wildman–Crippen LogP) is 4.19. The quantitative estimate of drug-likeness (QED) is 0.510. The van der Waals surface area contributed by atoms with Crippen molar-refractivity contribution in [2.75, 3.05) is 0 Å². The van der Waals surface area contributed by atoms with Crippen LogP contribution in [0.4, 0.5) is 0 Å². The van der Waals surface area contributed by atoms with Crippen LogP contribution in [-0.4, -0.2) is 11.6 Å². The highest BCUT2D eigenvalue weighted by atomic mass is 16.6. The molecule has 0 aromatic heterocycles. The standard InChI is InChI=1S/C15H24O2/c1-5-6-7-8-9-10-11-12-13-14(16)17-15(2,3)4/h5-6,8-9,11-12H,7,10,13H2,1-4H3/b6-5-,9-8-,12-11-.